The summed E-state index contributed by atoms with van der Waals surface area (Å²) in [7, 11) is 0. The van der Waals surface area contributed by atoms with Gasteiger partial charge in [-0.1, -0.05) is 26.8 Å². The number of aryl methyl sites for hydroxylation is 1. The standard InChI is InChI=1S/C15H21N3OS/c1-4-9-7-11-12(20-6-5-15(11,2)3)8-10(9)13(19)18-14(16)17/h7-8H,4-6H2,1-3H3,(H4,16,17,18,19). The lowest BCUT2D eigenvalue weighted by Gasteiger charge is -2.33. The van der Waals surface area contributed by atoms with Crippen molar-refractivity contribution in [2.45, 2.75) is 43.9 Å². The van der Waals surface area contributed by atoms with Crippen molar-refractivity contribution in [3.8, 4) is 0 Å². The topological polar surface area (TPSA) is 81.5 Å². The number of aliphatic imine (C=N–C) groups is 1. The molecule has 0 spiro atoms. The normalized spacial score (nSPS) is 16.4. The van der Waals surface area contributed by atoms with E-state index in [-0.39, 0.29) is 17.3 Å². The third-order valence-electron chi connectivity index (χ3n) is 3.76. The molecular weight excluding hydrogens is 270 g/mol. The van der Waals surface area contributed by atoms with Crippen LogP contribution in [0, 0.1) is 0 Å². The summed E-state index contributed by atoms with van der Waals surface area (Å²) < 4.78 is 0. The van der Waals surface area contributed by atoms with Crippen molar-refractivity contribution in [3.05, 3.63) is 28.8 Å². The maximum Gasteiger partial charge on any atom is 0.280 e. The Kier molecular flexibility index (Phi) is 4.09. The highest BCUT2D eigenvalue weighted by molar-refractivity contribution is 7.99. The summed E-state index contributed by atoms with van der Waals surface area (Å²) in [5, 5.41) is 0. The summed E-state index contributed by atoms with van der Waals surface area (Å²) in [4.78, 5) is 17.0. The van der Waals surface area contributed by atoms with Gasteiger partial charge in [0, 0.05) is 10.5 Å². The maximum absolute atomic E-state index is 12.1. The second kappa shape index (κ2) is 5.48. The van der Waals surface area contributed by atoms with E-state index >= 15 is 0 Å². The number of nitrogens with zero attached hydrogens (tertiary/aromatic N) is 1. The number of carbonyl (C=O) groups is 1. The van der Waals surface area contributed by atoms with Gasteiger partial charge in [0.2, 0.25) is 0 Å². The predicted octanol–water partition coefficient (Wildman–Crippen LogP) is 2.44. The van der Waals surface area contributed by atoms with Crippen LogP contribution in [0.1, 0.15) is 48.7 Å². The summed E-state index contributed by atoms with van der Waals surface area (Å²) in [6.07, 6.45) is 1.93. The average molecular weight is 291 g/mol. The fourth-order valence-corrected chi connectivity index (χ4v) is 4.02. The van der Waals surface area contributed by atoms with E-state index in [2.05, 4.69) is 24.9 Å². The van der Waals surface area contributed by atoms with E-state index in [4.69, 9.17) is 11.5 Å². The first-order valence-electron chi connectivity index (χ1n) is 6.79. The SMILES string of the molecule is CCc1cc2c(cc1C(=O)N=C(N)N)SCCC2(C)C. The summed E-state index contributed by atoms with van der Waals surface area (Å²) in [6.45, 7) is 6.54. The van der Waals surface area contributed by atoms with Crippen molar-refractivity contribution in [2.24, 2.45) is 16.5 Å². The van der Waals surface area contributed by atoms with Crippen LogP contribution in [0.25, 0.3) is 0 Å². The Labute approximate surface area is 124 Å². The van der Waals surface area contributed by atoms with Crippen LogP contribution in [0.2, 0.25) is 0 Å². The van der Waals surface area contributed by atoms with E-state index in [1.165, 1.54) is 10.5 Å². The Balaban J connectivity index is 2.55. The quantitative estimate of drug-likeness (QED) is 0.647. The highest BCUT2D eigenvalue weighted by Crippen LogP contribution is 2.42. The molecule has 4 nitrogen and oxygen atoms in total. The van der Waals surface area contributed by atoms with E-state index in [1.807, 2.05) is 13.0 Å². The number of carbonyl (C=O) groups excluding carboxylic acids is 1. The van der Waals surface area contributed by atoms with E-state index in [0.717, 1.165) is 24.2 Å². The van der Waals surface area contributed by atoms with Crippen LogP contribution in [0.4, 0.5) is 0 Å². The molecule has 0 fully saturated rings. The number of amides is 1. The molecule has 0 radical (unpaired) electrons. The van der Waals surface area contributed by atoms with Crippen molar-refractivity contribution in [1.29, 1.82) is 0 Å². The fourth-order valence-electron chi connectivity index (χ4n) is 2.49. The van der Waals surface area contributed by atoms with Crippen LogP contribution >= 0.6 is 11.8 Å². The maximum atomic E-state index is 12.1. The molecule has 1 aliphatic rings. The highest BCUT2D eigenvalue weighted by atomic mass is 32.2. The van der Waals surface area contributed by atoms with Gasteiger partial charge in [0.05, 0.1) is 0 Å². The number of fused-ring (bicyclic) bond motifs is 1. The zero-order valence-corrected chi connectivity index (χ0v) is 13.0. The molecule has 20 heavy (non-hydrogen) atoms. The average Bonchev–Trinajstić information content (AvgIpc) is 2.36. The number of thioether (sulfide) groups is 1. The van der Waals surface area contributed by atoms with Crippen LogP contribution in [-0.4, -0.2) is 17.6 Å². The molecule has 0 aromatic heterocycles. The Morgan fingerprint density at radius 2 is 2.10 bits per heavy atom. The minimum atomic E-state index is -0.353. The molecule has 2 rings (SSSR count). The Hall–Kier alpha value is -1.49. The Bertz CT molecular complexity index is 575. The summed E-state index contributed by atoms with van der Waals surface area (Å²) in [5.41, 5.74) is 13.7. The molecule has 0 aliphatic carbocycles. The molecule has 4 N–H and O–H groups in total. The molecule has 108 valence electrons. The van der Waals surface area contributed by atoms with Crippen molar-refractivity contribution in [3.63, 3.8) is 0 Å². The van der Waals surface area contributed by atoms with Gasteiger partial charge in [-0.3, -0.25) is 4.79 Å². The molecule has 1 amide bonds. The van der Waals surface area contributed by atoms with Gasteiger partial charge >= 0.3 is 0 Å². The van der Waals surface area contributed by atoms with Crippen LogP contribution < -0.4 is 11.5 Å². The monoisotopic (exact) mass is 291 g/mol. The van der Waals surface area contributed by atoms with Crippen LogP contribution in [0.3, 0.4) is 0 Å². The number of hydrogen-bond donors (Lipinski definition) is 2. The first kappa shape index (κ1) is 14.9. The molecule has 0 saturated carbocycles. The molecule has 0 bridgehead atoms. The lowest BCUT2D eigenvalue weighted by atomic mass is 9.80. The van der Waals surface area contributed by atoms with Gasteiger partial charge in [-0.15, -0.1) is 11.8 Å². The van der Waals surface area contributed by atoms with Gasteiger partial charge in [-0.05, 0) is 41.2 Å². The first-order chi connectivity index (χ1) is 9.35. The smallest absolute Gasteiger partial charge is 0.280 e. The fraction of sp³-hybridized carbons (Fsp3) is 0.467. The molecule has 0 unspecified atom stereocenters. The van der Waals surface area contributed by atoms with Crippen molar-refractivity contribution in [1.82, 2.24) is 0 Å². The summed E-state index contributed by atoms with van der Waals surface area (Å²) in [6, 6.07) is 4.10. The molecule has 1 aromatic rings. The van der Waals surface area contributed by atoms with Gasteiger partial charge in [-0.25, -0.2) is 0 Å². The van der Waals surface area contributed by atoms with Gasteiger partial charge < -0.3 is 11.5 Å². The number of hydrogen-bond acceptors (Lipinski definition) is 2. The van der Waals surface area contributed by atoms with Crippen LogP contribution in [0.5, 0.6) is 0 Å². The number of guanidine groups is 1. The Morgan fingerprint density at radius 3 is 2.70 bits per heavy atom. The zero-order chi connectivity index (χ0) is 14.9. The van der Waals surface area contributed by atoms with E-state index < -0.39 is 0 Å². The molecule has 1 aromatic carbocycles. The second-order valence-electron chi connectivity index (χ2n) is 5.68. The van der Waals surface area contributed by atoms with Crippen molar-refractivity contribution < 1.29 is 4.79 Å². The molecule has 0 saturated heterocycles. The second-order valence-corrected chi connectivity index (χ2v) is 6.82. The lowest BCUT2D eigenvalue weighted by Crippen LogP contribution is -2.25. The van der Waals surface area contributed by atoms with Gasteiger partial charge in [0.25, 0.3) is 5.91 Å². The number of benzene rings is 1. The zero-order valence-electron chi connectivity index (χ0n) is 12.2. The van der Waals surface area contributed by atoms with Gasteiger partial charge in [0.1, 0.15) is 0 Å². The van der Waals surface area contributed by atoms with Gasteiger partial charge in [-0.2, -0.15) is 4.99 Å². The predicted molar refractivity (Wildman–Crippen MR) is 84.3 cm³/mol. The molecule has 5 heteroatoms. The number of rotatable bonds is 2. The molecule has 1 heterocycles. The first-order valence-corrected chi connectivity index (χ1v) is 7.78. The van der Waals surface area contributed by atoms with Crippen molar-refractivity contribution >= 4 is 23.6 Å². The third-order valence-corrected chi connectivity index (χ3v) is 4.82. The molecule has 1 aliphatic heterocycles. The van der Waals surface area contributed by atoms with Gasteiger partial charge in [0.15, 0.2) is 5.96 Å². The lowest BCUT2D eigenvalue weighted by molar-refractivity contribution is 0.100. The molecule has 0 atom stereocenters. The van der Waals surface area contributed by atoms with E-state index in [0.29, 0.717) is 5.56 Å². The molecular formula is C15H21N3OS. The van der Waals surface area contributed by atoms with Crippen LogP contribution in [-0.2, 0) is 11.8 Å². The van der Waals surface area contributed by atoms with Crippen molar-refractivity contribution in [2.75, 3.05) is 5.75 Å². The largest absolute Gasteiger partial charge is 0.370 e. The summed E-state index contributed by atoms with van der Waals surface area (Å²) in [5.74, 6) is 0.526. The highest BCUT2D eigenvalue weighted by Gasteiger charge is 2.29. The van der Waals surface area contributed by atoms with E-state index in [9.17, 15) is 4.79 Å². The minimum Gasteiger partial charge on any atom is -0.370 e. The van der Waals surface area contributed by atoms with E-state index in [1.54, 1.807) is 11.8 Å². The summed E-state index contributed by atoms with van der Waals surface area (Å²) >= 11 is 1.80. The Morgan fingerprint density at radius 1 is 1.40 bits per heavy atom. The minimum absolute atomic E-state index is 0.155. The third kappa shape index (κ3) is 2.82. The van der Waals surface area contributed by atoms with Crippen LogP contribution in [0.15, 0.2) is 22.0 Å². The number of nitrogens with two attached hydrogens (primary N) is 2.